The number of hydrogen-bond acceptors (Lipinski definition) is 4. The molecule has 8 aromatic rings. The van der Waals surface area contributed by atoms with E-state index in [1.54, 1.807) is 0 Å². The maximum atomic E-state index is 9.70. The summed E-state index contributed by atoms with van der Waals surface area (Å²) in [6, 6.07) is 74.8. The molecule has 0 bridgehead atoms. The Bertz CT molecular complexity index is 2740. The van der Waals surface area contributed by atoms with Crippen LogP contribution in [0.25, 0.3) is 33.4 Å². The first-order valence-corrected chi connectivity index (χ1v) is 19.2. The minimum absolute atomic E-state index is 0.423. The molecule has 4 heteroatoms. The Labute approximate surface area is 332 Å². The summed E-state index contributed by atoms with van der Waals surface area (Å²) in [5, 5.41) is 13.2. The number of nitriles is 1. The van der Waals surface area contributed by atoms with E-state index in [-0.39, 0.29) is 0 Å². The van der Waals surface area contributed by atoms with E-state index in [4.69, 9.17) is 9.98 Å². The highest BCUT2D eigenvalue weighted by Gasteiger charge is 2.46. The SMILES string of the molecule is N#Cc1ccc(-c2cc3c(cc2-c2ccc(C4N=C(c5ccccc5)NC(c5ccccc5)=N4)cc2)-c2ccccc2C3(c2ccccc2)c2ccccc2)cc1. The third-order valence-corrected chi connectivity index (χ3v) is 11.3. The van der Waals surface area contributed by atoms with Crippen LogP contribution in [0.15, 0.2) is 216 Å². The average Bonchev–Trinajstić information content (AvgIpc) is 3.60. The highest BCUT2D eigenvalue weighted by molar-refractivity contribution is 6.15. The molecule has 8 aromatic carbocycles. The number of rotatable bonds is 7. The minimum atomic E-state index is -0.532. The van der Waals surface area contributed by atoms with Crippen LogP contribution in [0.4, 0.5) is 0 Å². The molecule has 1 heterocycles. The van der Waals surface area contributed by atoms with Gasteiger partial charge < -0.3 is 5.32 Å². The van der Waals surface area contributed by atoms with Crippen molar-refractivity contribution >= 4 is 11.7 Å². The third-order valence-electron chi connectivity index (χ3n) is 11.3. The molecule has 1 aliphatic heterocycles. The van der Waals surface area contributed by atoms with Gasteiger partial charge in [-0.25, -0.2) is 9.98 Å². The lowest BCUT2D eigenvalue weighted by Gasteiger charge is -2.34. The monoisotopic (exact) mass is 728 g/mol. The van der Waals surface area contributed by atoms with Gasteiger partial charge in [0.25, 0.3) is 0 Å². The zero-order valence-electron chi connectivity index (χ0n) is 31.0. The summed E-state index contributed by atoms with van der Waals surface area (Å²) in [5.41, 5.74) is 14.9. The largest absolute Gasteiger partial charge is 0.324 e. The average molecular weight is 729 g/mol. The highest BCUT2D eigenvalue weighted by atomic mass is 15.2. The normalized spacial score (nSPS) is 14.0. The molecule has 0 spiro atoms. The van der Waals surface area contributed by atoms with Gasteiger partial charge >= 0.3 is 0 Å². The van der Waals surface area contributed by atoms with E-state index >= 15 is 0 Å². The summed E-state index contributed by atoms with van der Waals surface area (Å²) in [6.07, 6.45) is -0.423. The summed E-state index contributed by atoms with van der Waals surface area (Å²) in [7, 11) is 0. The molecule has 0 amide bonds. The van der Waals surface area contributed by atoms with E-state index in [9.17, 15) is 5.26 Å². The van der Waals surface area contributed by atoms with Gasteiger partial charge in [0.15, 0.2) is 6.17 Å². The Hall–Kier alpha value is -7.61. The molecular formula is C53H36N4. The fourth-order valence-electron chi connectivity index (χ4n) is 8.61. The van der Waals surface area contributed by atoms with Crippen LogP contribution in [-0.2, 0) is 5.41 Å². The minimum Gasteiger partial charge on any atom is -0.324 e. The fourth-order valence-corrected chi connectivity index (χ4v) is 8.61. The van der Waals surface area contributed by atoms with Gasteiger partial charge in [0, 0.05) is 11.1 Å². The molecule has 268 valence electrons. The van der Waals surface area contributed by atoms with Crippen LogP contribution in [0.2, 0.25) is 0 Å². The van der Waals surface area contributed by atoms with Crippen molar-refractivity contribution in [3.63, 3.8) is 0 Å². The van der Waals surface area contributed by atoms with E-state index in [1.807, 2.05) is 48.5 Å². The second kappa shape index (κ2) is 14.2. The first-order valence-electron chi connectivity index (χ1n) is 19.2. The van der Waals surface area contributed by atoms with E-state index in [1.165, 1.54) is 33.4 Å². The summed E-state index contributed by atoms with van der Waals surface area (Å²) in [6.45, 7) is 0. The van der Waals surface area contributed by atoms with Crippen molar-refractivity contribution in [1.29, 1.82) is 5.26 Å². The van der Waals surface area contributed by atoms with Crippen molar-refractivity contribution in [2.75, 3.05) is 0 Å². The lowest BCUT2D eigenvalue weighted by Crippen LogP contribution is -2.35. The van der Waals surface area contributed by atoms with Gasteiger partial charge in [-0.05, 0) is 85.5 Å². The van der Waals surface area contributed by atoms with Crippen LogP contribution in [0.1, 0.15) is 50.7 Å². The predicted molar refractivity (Wildman–Crippen MR) is 231 cm³/mol. The number of aliphatic imine (C=N–C) groups is 2. The smallest absolute Gasteiger partial charge is 0.169 e. The van der Waals surface area contributed by atoms with Crippen LogP contribution in [-0.4, -0.2) is 11.7 Å². The van der Waals surface area contributed by atoms with Gasteiger partial charge in [0.05, 0.1) is 17.0 Å². The fraction of sp³-hybridized carbons (Fsp3) is 0.0377. The number of benzene rings is 8. The second-order valence-electron chi connectivity index (χ2n) is 14.5. The Morgan fingerprint density at radius 1 is 0.421 bits per heavy atom. The molecule has 0 saturated heterocycles. The van der Waals surface area contributed by atoms with Gasteiger partial charge in [-0.3, -0.25) is 0 Å². The molecule has 0 atom stereocenters. The van der Waals surface area contributed by atoms with Crippen molar-refractivity contribution in [1.82, 2.24) is 5.32 Å². The molecule has 2 aliphatic rings. The van der Waals surface area contributed by atoms with Crippen molar-refractivity contribution in [3.8, 4) is 39.4 Å². The first-order chi connectivity index (χ1) is 28.2. The van der Waals surface area contributed by atoms with Crippen molar-refractivity contribution in [2.45, 2.75) is 11.6 Å². The second-order valence-corrected chi connectivity index (χ2v) is 14.5. The molecule has 0 saturated carbocycles. The number of nitrogens with one attached hydrogen (secondary N) is 1. The van der Waals surface area contributed by atoms with Gasteiger partial charge in [-0.2, -0.15) is 5.26 Å². The van der Waals surface area contributed by atoms with Gasteiger partial charge in [-0.15, -0.1) is 0 Å². The molecule has 1 N–H and O–H groups in total. The van der Waals surface area contributed by atoms with Crippen molar-refractivity contribution in [3.05, 3.63) is 251 Å². The lowest BCUT2D eigenvalue weighted by atomic mass is 9.67. The number of hydrogen-bond donors (Lipinski definition) is 1. The maximum Gasteiger partial charge on any atom is 0.169 e. The van der Waals surface area contributed by atoms with Gasteiger partial charge in [-0.1, -0.05) is 182 Å². The van der Waals surface area contributed by atoms with Crippen LogP contribution >= 0.6 is 0 Å². The Balaban J connectivity index is 1.16. The quantitative estimate of drug-likeness (QED) is 0.178. The highest BCUT2D eigenvalue weighted by Crippen LogP contribution is 2.58. The van der Waals surface area contributed by atoms with E-state index in [2.05, 4.69) is 169 Å². The zero-order chi connectivity index (χ0) is 38.2. The Morgan fingerprint density at radius 3 is 1.44 bits per heavy atom. The van der Waals surface area contributed by atoms with Gasteiger partial charge in [0.2, 0.25) is 0 Å². The molecule has 0 radical (unpaired) electrons. The molecule has 0 aromatic heterocycles. The molecule has 10 rings (SSSR count). The van der Waals surface area contributed by atoms with Gasteiger partial charge in [0.1, 0.15) is 11.7 Å². The Morgan fingerprint density at radius 2 is 0.895 bits per heavy atom. The molecule has 0 fully saturated rings. The number of amidine groups is 2. The summed E-state index contributed by atoms with van der Waals surface area (Å²) >= 11 is 0. The zero-order valence-corrected chi connectivity index (χ0v) is 31.0. The maximum absolute atomic E-state index is 9.70. The van der Waals surface area contributed by atoms with Crippen LogP contribution in [0.5, 0.6) is 0 Å². The van der Waals surface area contributed by atoms with Crippen LogP contribution in [0.3, 0.4) is 0 Å². The molecule has 4 nitrogen and oxygen atoms in total. The molecule has 57 heavy (non-hydrogen) atoms. The van der Waals surface area contributed by atoms with Crippen LogP contribution in [0, 0.1) is 11.3 Å². The van der Waals surface area contributed by atoms with E-state index in [0.717, 1.165) is 50.6 Å². The third kappa shape index (κ3) is 5.85. The topological polar surface area (TPSA) is 60.5 Å². The lowest BCUT2D eigenvalue weighted by molar-refractivity contribution is 0.756. The van der Waals surface area contributed by atoms with Crippen molar-refractivity contribution < 1.29 is 0 Å². The standard InChI is InChI=1S/C53H36N4/c54-35-36-25-27-37(28-26-36)46-34-49-47(44-23-13-14-24-48(44)53(49,42-19-9-3-10-20-42)43-21-11-4-12-22-43)33-45(46)38-29-31-41(32-30-38)52-56-50(39-15-5-1-6-16-39)55-51(57-52)40-17-7-2-8-18-40/h1-34,52H,(H,55,56,57). The number of nitrogens with zero attached hydrogens (tertiary/aromatic N) is 3. The molecular weight excluding hydrogens is 693 g/mol. The predicted octanol–water partition coefficient (Wildman–Crippen LogP) is 11.8. The van der Waals surface area contributed by atoms with Crippen LogP contribution < -0.4 is 5.32 Å². The Kier molecular flexibility index (Phi) is 8.47. The van der Waals surface area contributed by atoms with E-state index in [0.29, 0.717) is 5.56 Å². The summed E-state index contributed by atoms with van der Waals surface area (Å²) < 4.78 is 0. The molecule has 0 unspecified atom stereocenters. The van der Waals surface area contributed by atoms with E-state index < -0.39 is 11.6 Å². The van der Waals surface area contributed by atoms with Crippen molar-refractivity contribution in [2.24, 2.45) is 9.98 Å². The first kappa shape index (κ1) is 33.9. The molecule has 1 aliphatic carbocycles. The summed E-state index contributed by atoms with van der Waals surface area (Å²) in [4.78, 5) is 10.2. The number of fused-ring (bicyclic) bond motifs is 3. The summed E-state index contributed by atoms with van der Waals surface area (Å²) in [5.74, 6) is 1.58.